The van der Waals surface area contributed by atoms with Crippen LogP contribution in [0.3, 0.4) is 0 Å². The summed E-state index contributed by atoms with van der Waals surface area (Å²) in [5, 5.41) is 1.06. The number of para-hydroxylation sites is 1. The lowest BCUT2D eigenvalue weighted by Crippen LogP contribution is -2.43. The van der Waals surface area contributed by atoms with Crippen molar-refractivity contribution in [3.05, 3.63) is 40.4 Å². The first-order chi connectivity index (χ1) is 17.0. The number of thiocarbonyl (C=S) groups is 1. The predicted octanol–water partition coefficient (Wildman–Crippen LogP) is 4.98. The molecule has 1 aromatic heterocycles. The third kappa shape index (κ3) is 4.93. The van der Waals surface area contributed by atoms with Gasteiger partial charge < -0.3 is 14.2 Å². The van der Waals surface area contributed by atoms with Gasteiger partial charge in [-0.25, -0.2) is 0 Å². The van der Waals surface area contributed by atoms with Gasteiger partial charge in [0.2, 0.25) is 5.91 Å². The van der Waals surface area contributed by atoms with E-state index in [-0.39, 0.29) is 24.0 Å². The average Bonchev–Trinajstić information content (AvgIpc) is 3.55. The lowest BCUT2D eigenvalue weighted by Gasteiger charge is -2.33. The molecule has 3 aliphatic heterocycles. The Kier molecular flexibility index (Phi) is 7.32. The van der Waals surface area contributed by atoms with Gasteiger partial charge in [-0.05, 0) is 57.1 Å². The predicted molar refractivity (Wildman–Crippen MR) is 145 cm³/mol. The van der Waals surface area contributed by atoms with Crippen LogP contribution in [0.4, 0.5) is 0 Å². The molecule has 0 N–H and O–H groups in total. The highest BCUT2D eigenvalue weighted by atomic mass is 32.2. The van der Waals surface area contributed by atoms with Crippen LogP contribution in [-0.4, -0.2) is 62.3 Å². The van der Waals surface area contributed by atoms with Crippen LogP contribution in [0.5, 0.6) is 0 Å². The van der Waals surface area contributed by atoms with Crippen molar-refractivity contribution in [1.82, 2.24) is 14.4 Å². The van der Waals surface area contributed by atoms with Crippen LogP contribution < -0.4 is 0 Å². The summed E-state index contributed by atoms with van der Waals surface area (Å²) in [5.41, 5.74) is 3.23. The summed E-state index contributed by atoms with van der Waals surface area (Å²) in [6.07, 6.45) is 10.2. The van der Waals surface area contributed by atoms with Crippen LogP contribution in [0.1, 0.15) is 57.1 Å². The van der Waals surface area contributed by atoms with E-state index in [4.69, 9.17) is 17.0 Å². The van der Waals surface area contributed by atoms with Crippen LogP contribution >= 0.6 is 24.0 Å². The van der Waals surface area contributed by atoms with Crippen molar-refractivity contribution in [2.24, 2.45) is 0 Å². The Morgan fingerprint density at radius 1 is 1.26 bits per heavy atom. The number of ether oxygens (including phenoxy) is 1. The van der Waals surface area contributed by atoms with E-state index < -0.39 is 0 Å². The van der Waals surface area contributed by atoms with Crippen LogP contribution in [0.25, 0.3) is 17.0 Å². The summed E-state index contributed by atoms with van der Waals surface area (Å²) < 4.78 is 8.39. The highest BCUT2D eigenvalue weighted by Gasteiger charge is 2.35. The molecule has 3 fully saturated rings. The Balaban J connectivity index is 1.45. The topological polar surface area (TPSA) is 54.8 Å². The third-order valence-electron chi connectivity index (χ3n) is 7.39. The maximum absolute atomic E-state index is 13.3. The molecular weight excluding hydrogens is 478 g/mol. The summed E-state index contributed by atoms with van der Waals surface area (Å²) in [6.45, 7) is 6.70. The number of hydrogen-bond acceptors (Lipinski definition) is 5. The largest absolute Gasteiger partial charge is 0.376 e. The Labute approximate surface area is 216 Å². The highest BCUT2D eigenvalue weighted by Crippen LogP contribution is 2.36. The first-order valence-electron chi connectivity index (χ1n) is 12.7. The molecule has 0 aliphatic carbocycles. The zero-order chi connectivity index (χ0) is 24.5. The molecule has 0 radical (unpaired) electrons. The van der Waals surface area contributed by atoms with Crippen molar-refractivity contribution in [3.8, 4) is 0 Å². The van der Waals surface area contributed by atoms with Gasteiger partial charge in [-0.2, -0.15) is 0 Å². The molecule has 2 amide bonds. The number of fused-ring (bicyclic) bond motifs is 1. The number of hydrogen-bond donors (Lipinski definition) is 0. The first-order valence-corrected chi connectivity index (χ1v) is 14.0. The van der Waals surface area contributed by atoms with Crippen molar-refractivity contribution in [2.45, 2.75) is 71.1 Å². The number of nitrogens with zero attached hydrogens (tertiary/aromatic N) is 3. The lowest BCUT2D eigenvalue weighted by atomic mass is 10.0. The molecule has 2 aromatic rings. The number of benzene rings is 1. The van der Waals surface area contributed by atoms with Crippen molar-refractivity contribution in [3.63, 3.8) is 0 Å². The van der Waals surface area contributed by atoms with Crippen LogP contribution in [0, 0.1) is 0 Å². The van der Waals surface area contributed by atoms with Crippen molar-refractivity contribution >= 4 is 57.1 Å². The molecular formula is C27H33N3O3S2. The second-order valence-corrected chi connectivity index (χ2v) is 11.4. The number of amides is 2. The number of likely N-dealkylation sites (tertiary alicyclic amines) is 1. The van der Waals surface area contributed by atoms with Crippen LogP contribution in [0.2, 0.25) is 0 Å². The molecule has 0 bridgehead atoms. The molecule has 8 heteroatoms. The second kappa shape index (κ2) is 10.4. The zero-order valence-corrected chi connectivity index (χ0v) is 22.1. The third-order valence-corrected chi connectivity index (χ3v) is 8.77. The molecule has 0 unspecified atom stereocenters. The number of rotatable bonds is 6. The van der Waals surface area contributed by atoms with E-state index >= 15 is 0 Å². The minimum Gasteiger partial charge on any atom is -0.376 e. The van der Waals surface area contributed by atoms with E-state index in [1.807, 2.05) is 17.2 Å². The van der Waals surface area contributed by atoms with E-state index in [1.54, 1.807) is 4.90 Å². The quantitative estimate of drug-likeness (QED) is 0.404. The molecule has 0 spiro atoms. The summed E-state index contributed by atoms with van der Waals surface area (Å²) in [4.78, 5) is 30.8. The Bertz CT molecular complexity index is 1180. The highest BCUT2D eigenvalue weighted by molar-refractivity contribution is 8.26. The average molecular weight is 512 g/mol. The molecule has 6 nitrogen and oxygen atoms in total. The Morgan fingerprint density at radius 3 is 2.86 bits per heavy atom. The number of carbonyl (C=O) groups excluding carboxylic acids is 2. The van der Waals surface area contributed by atoms with Gasteiger partial charge in [-0.1, -0.05) is 49.1 Å². The van der Waals surface area contributed by atoms with Crippen molar-refractivity contribution in [1.29, 1.82) is 0 Å². The minimum absolute atomic E-state index is 0.0544. The molecule has 2 atom stereocenters. The van der Waals surface area contributed by atoms with Gasteiger partial charge in [0.1, 0.15) is 10.9 Å². The number of carbonyl (C=O) groups is 2. The first kappa shape index (κ1) is 24.5. The van der Waals surface area contributed by atoms with Gasteiger partial charge in [0.05, 0.1) is 23.1 Å². The van der Waals surface area contributed by atoms with Gasteiger partial charge in [0.15, 0.2) is 0 Å². The smallest absolute Gasteiger partial charge is 0.266 e. The van der Waals surface area contributed by atoms with Crippen molar-refractivity contribution < 1.29 is 14.3 Å². The normalized spacial score (nSPS) is 24.3. The van der Waals surface area contributed by atoms with E-state index in [1.165, 1.54) is 23.7 Å². The number of piperidine rings is 1. The number of thioether (sulfide) groups is 1. The summed E-state index contributed by atoms with van der Waals surface area (Å²) in [7, 11) is 0. The Hall–Kier alpha value is -2.16. The SMILES string of the molecule is CCc1cccc2c(/C=C3\SC(=S)N(C[C@H]4CCCO4)C3=O)cn(CC(=O)N3CCCC[C@H]3C)c12. The molecule has 0 saturated carbocycles. The molecule has 186 valence electrons. The lowest BCUT2D eigenvalue weighted by molar-refractivity contribution is -0.135. The fourth-order valence-electron chi connectivity index (χ4n) is 5.49. The fraction of sp³-hybridized carbons (Fsp3) is 0.519. The van der Waals surface area contributed by atoms with Gasteiger partial charge in [-0.3, -0.25) is 14.5 Å². The fourth-order valence-corrected chi connectivity index (χ4v) is 6.75. The molecule has 4 heterocycles. The van der Waals surface area contributed by atoms with E-state index in [0.29, 0.717) is 22.3 Å². The van der Waals surface area contributed by atoms with Gasteiger partial charge in [0.25, 0.3) is 5.91 Å². The van der Waals surface area contributed by atoms with Crippen LogP contribution in [0.15, 0.2) is 29.3 Å². The standard InChI is InChI=1S/C27H33N3O3S2/c1-3-19-9-6-11-22-20(14-23-26(32)30(27(34)35-23)16-21-10-7-13-33-21)15-28(25(19)22)17-24(31)29-12-5-4-8-18(29)2/h6,9,11,14-15,18,21H,3-5,7-8,10,12-13,16-17H2,1-2H3/b23-14-/t18-,21-/m1/s1. The molecule has 35 heavy (non-hydrogen) atoms. The molecule has 3 saturated heterocycles. The van der Waals surface area contributed by atoms with E-state index in [9.17, 15) is 9.59 Å². The molecule has 3 aliphatic rings. The molecule has 5 rings (SSSR count). The van der Waals surface area contributed by atoms with E-state index in [0.717, 1.165) is 61.7 Å². The van der Waals surface area contributed by atoms with Crippen molar-refractivity contribution in [2.75, 3.05) is 19.7 Å². The minimum atomic E-state index is -0.0544. The molecule has 1 aromatic carbocycles. The van der Waals surface area contributed by atoms with Gasteiger partial charge in [0, 0.05) is 36.3 Å². The Morgan fingerprint density at radius 2 is 2.11 bits per heavy atom. The van der Waals surface area contributed by atoms with E-state index in [2.05, 4.69) is 36.6 Å². The number of aryl methyl sites for hydroxylation is 1. The summed E-state index contributed by atoms with van der Waals surface area (Å²) in [5.74, 6) is 0.107. The summed E-state index contributed by atoms with van der Waals surface area (Å²) >= 11 is 6.90. The van der Waals surface area contributed by atoms with Gasteiger partial charge >= 0.3 is 0 Å². The number of aromatic nitrogens is 1. The monoisotopic (exact) mass is 511 g/mol. The maximum atomic E-state index is 13.3. The van der Waals surface area contributed by atoms with Crippen LogP contribution in [-0.2, 0) is 27.3 Å². The second-order valence-electron chi connectivity index (χ2n) is 9.74. The van der Waals surface area contributed by atoms with Gasteiger partial charge in [-0.15, -0.1) is 0 Å². The maximum Gasteiger partial charge on any atom is 0.266 e. The zero-order valence-electron chi connectivity index (χ0n) is 20.5. The summed E-state index contributed by atoms with van der Waals surface area (Å²) in [6, 6.07) is 6.55.